The number of primary amides is 1. The summed E-state index contributed by atoms with van der Waals surface area (Å²) in [6.07, 6.45) is -5.07. The molecule has 0 aliphatic carbocycles. The van der Waals surface area contributed by atoms with Crippen LogP contribution >= 0.6 is 11.3 Å². The lowest BCUT2D eigenvalue weighted by atomic mass is 9.99. The number of halogens is 6. The van der Waals surface area contributed by atoms with Gasteiger partial charge in [0.15, 0.2) is 5.01 Å². The number of amides is 1. The average molecular weight is 426 g/mol. The zero-order valence-corrected chi connectivity index (χ0v) is 15.4. The third kappa shape index (κ3) is 4.37. The Morgan fingerprint density at radius 3 is 2.25 bits per heavy atom. The maximum absolute atomic E-state index is 13.8. The molecular formula is C16H16F6N4OS. The number of nitrogens with two attached hydrogens (primary N) is 1. The van der Waals surface area contributed by atoms with Gasteiger partial charge >= 0.3 is 6.18 Å². The lowest BCUT2D eigenvalue weighted by molar-refractivity contribution is -0.142. The average Bonchev–Trinajstić information content (AvgIpc) is 3.13. The molecule has 1 atom stereocenters. The number of rotatable bonds is 8. The zero-order valence-electron chi connectivity index (χ0n) is 14.5. The van der Waals surface area contributed by atoms with E-state index in [9.17, 15) is 31.1 Å². The maximum Gasteiger partial charge on any atom is 0.408 e. The fraction of sp³-hybridized carbons (Fsp3) is 0.438. The van der Waals surface area contributed by atoms with E-state index in [0.717, 1.165) is 11.3 Å². The molecule has 2 aromatic rings. The summed E-state index contributed by atoms with van der Waals surface area (Å²) >= 11 is 0.810. The minimum atomic E-state index is -4.67. The molecule has 0 unspecified atom stereocenters. The highest BCUT2D eigenvalue weighted by Crippen LogP contribution is 2.36. The quantitative estimate of drug-likeness (QED) is 0.611. The van der Waals surface area contributed by atoms with Crippen LogP contribution in [0.5, 0.6) is 0 Å². The first-order valence-electron chi connectivity index (χ1n) is 7.99. The number of anilines is 1. The number of pyridine rings is 1. The van der Waals surface area contributed by atoms with E-state index in [-0.39, 0.29) is 21.8 Å². The van der Waals surface area contributed by atoms with E-state index in [1.54, 1.807) is 0 Å². The van der Waals surface area contributed by atoms with Crippen LogP contribution in [0.25, 0.3) is 11.3 Å². The minimum absolute atomic E-state index is 0.0595. The van der Waals surface area contributed by atoms with E-state index in [4.69, 9.17) is 5.73 Å². The molecule has 0 saturated carbocycles. The van der Waals surface area contributed by atoms with Crippen LogP contribution in [0.2, 0.25) is 0 Å². The van der Waals surface area contributed by atoms with Crippen LogP contribution in [0, 0.1) is 0 Å². The first kappa shape index (κ1) is 21.9. The van der Waals surface area contributed by atoms with Crippen LogP contribution in [0.1, 0.15) is 40.0 Å². The van der Waals surface area contributed by atoms with Crippen molar-refractivity contribution in [1.82, 2.24) is 9.97 Å². The molecule has 28 heavy (non-hydrogen) atoms. The second kappa shape index (κ2) is 8.76. The summed E-state index contributed by atoms with van der Waals surface area (Å²) in [5, 5.41) is 3.18. The van der Waals surface area contributed by atoms with Gasteiger partial charge in [0.25, 0.3) is 5.91 Å². The van der Waals surface area contributed by atoms with Gasteiger partial charge in [0.1, 0.15) is 31.9 Å². The third-order valence-electron chi connectivity index (χ3n) is 3.97. The van der Waals surface area contributed by atoms with Gasteiger partial charge in [-0.1, -0.05) is 6.92 Å². The first-order valence-corrected chi connectivity index (χ1v) is 8.87. The van der Waals surface area contributed by atoms with Gasteiger partial charge in [-0.25, -0.2) is 23.1 Å². The second-order valence-electron chi connectivity index (χ2n) is 5.69. The number of thiazole rings is 1. The van der Waals surface area contributed by atoms with E-state index in [1.807, 2.05) is 5.32 Å². The molecule has 2 heterocycles. The predicted octanol–water partition coefficient (Wildman–Crippen LogP) is 4.47. The molecule has 0 fully saturated rings. The molecule has 2 aromatic heterocycles. The Balaban J connectivity index is 2.66. The SMILES string of the molecule is CC[C@H](Nc1nc(CF)c(-c2csc(C(N)=O)n2)c(CF)c1CF)C(F)(F)F. The molecule has 2 rings (SSSR count). The Labute approximate surface area is 160 Å². The number of nitrogens with zero attached hydrogens (tertiary/aromatic N) is 2. The van der Waals surface area contributed by atoms with Crippen molar-refractivity contribution in [3.05, 3.63) is 27.2 Å². The predicted molar refractivity (Wildman–Crippen MR) is 92.1 cm³/mol. The molecule has 0 aromatic carbocycles. The highest BCUT2D eigenvalue weighted by Gasteiger charge is 2.39. The molecule has 0 spiro atoms. The number of alkyl halides is 6. The van der Waals surface area contributed by atoms with E-state index in [0.29, 0.717) is 0 Å². The zero-order chi connectivity index (χ0) is 21.1. The van der Waals surface area contributed by atoms with Crippen LogP contribution in [0.3, 0.4) is 0 Å². The van der Waals surface area contributed by atoms with Gasteiger partial charge in [-0.2, -0.15) is 13.2 Å². The number of aromatic nitrogens is 2. The summed E-state index contributed by atoms with van der Waals surface area (Å²) in [5.74, 6) is -1.45. The van der Waals surface area contributed by atoms with Crippen molar-refractivity contribution in [3.8, 4) is 11.3 Å². The summed E-state index contributed by atoms with van der Waals surface area (Å²) in [6.45, 7) is -2.66. The monoisotopic (exact) mass is 426 g/mol. The number of carbonyl (C=O) groups is 1. The lowest BCUT2D eigenvalue weighted by Gasteiger charge is -2.24. The van der Waals surface area contributed by atoms with Gasteiger partial charge in [0, 0.05) is 22.1 Å². The van der Waals surface area contributed by atoms with Crippen LogP contribution < -0.4 is 11.1 Å². The summed E-state index contributed by atoms with van der Waals surface area (Å²) in [4.78, 5) is 18.8. The molecule has 154 valence electrons. The van der Waals surface area contributed by atoms with Crippen LogP contribution in [-0.4, -0.2) is 28.1 Å². The second-order valence-corrected chi connectivity index (χ2v) is 6.55. The fourth-order valence-corrected chi connectivity index (χ4v) is 3.28. The first-order chi connectivity index (χ1) is 13.2. The van der Waals surface area contributed by atoms with Gasteiger partial charge < -0.3 is 11.1 Å². The van der Waals surface area contributed by atoms with E-state index >= 15 is 0 Å². The van der Waals surface area contributed by atoms with Crippen molar-refractivity contribution in [3.63, 3.8) is 0 Å². The standard InChI is InChI=1S/C16H16F6N4OS/c1-2-11(16(20,21)22)26-14-8(4-18)7(3-17)12(9(5-19)24-14)10-6-28-15(25-10)13(23)27/h6,11H,2-5H2,1H3,(H2,23,27)(H,24,26)/t11-/m0/s1. The molecule has 12 heteroatoms. The molecule has 1 amide bonds. The van der Waals surface area contributed by atoms with Gasteiger partial charge in [-0.3, -0.25) is 4.79 Å². The fourth-order valence-electron chi connectivity index (χ4n) is 2.62. The molecule has 3 N–H and O–H groups in total. The van der Waals surface area contributed by atoms with Crippen LogP contribution in [-0.2, 0) is 20.0 Å². The molecule has 0 bridgehead atoms. The van der Waals surface area contributed by atoms with Crippen LogP contribution in [0.4, 0.5) is 32.2 Å². The maximum atomic E-state index is 13.8. The summed E-state index contributed by atoms with van der Waals surface area (Å²) < 4.78 is 80.1. The highest BCUT2D eigenvalue weighted by atomic mass is 32.1. The Bertz CT molecular complexity index is 854. The Morgan fingerprint density at radius 2 is 1.82 bits per heavy atom. The van der Waals surface area contributed by atoms with Gasteiger partial charge in [-0.15, -0.1) is 11.3 Å². The van der Waals surface area contributed by atoms with Crippen molar-refractivity contribution < 1.29 is 31.1 Å². The van der Waals surface area contributed by atoms with E-state index in [2.05, 4.69) is 9.97 Å². The van der Waals surface area contributed by atoms with Gasteiger partial charge in [-0.05, 0) is 6.42 Å². The normalized spacial score (nSPS) is 12.8. The molecule has 0 aliphatic rings. The van der Waals surface area contributed by atoms with Crippen molar-refractivity contribution in [2.75, 3.05) is 5.32 Å². The summed E-state index contributed by atoms with van der Waals surface area (Å²) in [5.41, 5.74) is 3.57. The molecule has 0 aliphatic heterocycles. The van der Waals surface area contributed by atoms with E-state index < -0.39 is 61.6 Å². The van der Waals surface area contributed by atoms with Crippen molar-refractivity contribution in [2.24, 2.45) is 5.73 Å². The van der Waals surface area contributed by atoms with Crippen molar-refractivity contribution in [1.29, 1.82) is 0 Å². The topological polar surface area (TPSA) is 80.9 Å². The minimum Gasteiger partial charge on any atom is -0.364 e. The third-order valence-corrected chi connectivity index (χ3v) is 4.82. The molecule has 0 radical (unpaired) electrons. The number of nitrogens with one attached hydrogen (secondary N) is 1. The molecule has 0 saturated heterocycles. The number of hydrogen-bond donors (Lipinski definition) is 2. The van der Waals surface area contributed by atoms with Crippen molar-refractivity contribution >= 4 is 23.1 Å². The molecular weight excluding hydrogens is 410 g/mol. The summed E-state index contributed by atoms with van der Waals surface area (Å²) in [7, 11) is 0. The Morgan fingerprint density at radius 1 is 1.18 bits per heavy atom. The highest BCUT2D eigenvalue weighted by molar-refractivity contribution is 7.12. The van der Waals surface area contributed by atoms with Gasteiger partial charge in [0.05, 0.1) is 11.4 Å². The smallest absolute Gasteiger partial charge is 0.364 e. The van der Waals surface area contributed by atoms with Crippen molar-refractivity contribution in [2.45, 2.75) is 45.6 Å². The largest absolute Gasteiger partial charge is 0.408 e. The summed E-state index contributed by atoms with van der Waals surface area (Å²) in [6, 6.07) is -2.07. The molecule has 5 nitrogen and oxygen atoms in total. The Kier molecular flexibility index (Phi) is 6.86. The number of carbonyl (C=O) groups excluding carboxylic acids is 1. The van der Waals surface area contributed by atoms with E-state index in [1.165, 1.54) is 12.3 Å². The van der Waals surface area contributed by atoms with Crippen LogP contribution in [0.15, 0.2) is 5.38 Å². The number of hydrogen-bond acceptors (Lipinski definition) is 5. The van der Waals surface area contributed by atoms with Gasteiger partial charge in [0.2, 0.25) is 0 Å². The Hall–Kier alpha value is -2.37. The lowest BCUT2D eigenvalue weighted by Crippen LogP contribution is -2.36.